The van der Waals surface area contributed by atoms with Gasteiger partial charge in [-0.1, -0.05) is 31.2 Å². The highest BCUT2D eigenvalue weighted by atomic mass is 16.1. The molecule has 5 nitrogen and oxygen atoms in total. The maximum atomic E-state index is 12.2. The molecule has 0 spiro atoms. The van der Waals surface area contributed by atoms with E-state index < -0.39 is 0 Å². The maximum Gasteiger partial charge on any atom is 0.270 e. The van der Waals surface area contributed by atoms with Gasteiger partial charge in [0.1, 0.15) is 5.69 Å². The van der Waals surface area contributed by atoms with Gasteiger partial charge in [-0.25, -0.2) is 9.97 Å². The van der Waals surface area contributed by atoms with Gasteiger partial charge in [-0.2, -0.15) is 0 Å². The van der Waals surface area contributed by atoms with Crippen molar-refractivity contribution in [2.75, 3.05) is 5.32 Å². The first-order chi connectivity index (χ1) is 10.6. The van der Waals surface area contributed by atoms with E-state index in [0.29, 0.717) is 18.2 Å². The van der Waals surface area contributed by atoms with Gasteiger partial charge in [-0.3, -0.25) is 4.79 Å². The maximum absolute atomic E-state index is 12.2. The third-order valence-corrected chi connectivity index (χ3v) is 3.58. The van der Waals surface area contributed by atoms with Crippen LogP contribution in [0.4, 0.5) is 5.95 Å². The van der Waals surface area contributed by atoms with Gasteiger partial charge >= 0.3 is 0 Å². The van der Waals surface area contributed by atoms with Gasteiger partial charge in [-0.05, 0) is 37.5 Å². The molecule has 0 radical (unpaired) electrons. The van der Waals surface area contributed by atoms with Crippen LogP contribution in [0.15, 0.2) is 36.5 Å². The molecule has 1 amide bonds. The first-order valence-corrected chi connectivity index (χ1v) is 7.52. The molecule has 2 N–H and O–H groups in total. The van der Waals surface area contributed by atoms with E-state index in [1.54, 1.807) is 12.3 Å². The Morgan fingerprint density at radius 3 is 2.77 bits per heavy atom. The number of nitrogens with zero attached hydrogens (tertiary/aromatic N) is 2. The molecule has 0 fully saturated rings. The normalized spacial score (nSPS) is 11.8. The Bertz CT molecular complexity index is 642. The predicted octanol–water partition coefficient (Wildman–Crippen LogP) is 2.93. The van der Waals surface area contributed by atoms with Crippen LogP contribution in [0, 0.1) is 6.92 Å². The average molecular weight is 298 g/mol. The SMILES string of the molecule is CCC(C)Nc1nccc(C(=O)NCc2ccccc2C)n1. The van der Waals surface area contributed by atoms with Crippen molar-refractivity contribution in [3.8, 4) is 0 Å². The Kier molecular flexibility index (Phi) is 5.47. The molecule has 1 heterocycles. The number of carbonyl (C=O) groups excluding carboxylic acids is 1. The Morgan fingerprint density at radius 1 is 1.27 bits per heavy atom. The second kappa shape index (κ2) is 7.54. The number of aryl methyl sites for hydroxylation is 1. The van der Waals surface area contributed by atoms with Crippen LogP contribution in [0.2, 0.25) is 0 Å². The lowest BCUT2D eigenvalue weighted by Gasteiger charge is -2.12. The lowest BCUT2D eigenvalue weighted by atomic mass is 10.1. The highest BCUT2D eigenvalue weighted by Crippen LogP contribution is 2.07. The Morgan fingerprint density at radius 2 is 2.05 bits per heavy atom. The molecule has 0 saturated heterocycles. The molecule has 0 bridgehead atoms. The van der Waals surface area contributed by atoms with Crippen LogP contribution in [0.5, 0.6) is 0 Å². The van der Waals surface area contributed by atoms with E-state index in [0.717, 1.165) is 17.5 Å². The van der Waals surface area contributed by atoms with Crippen molar-refractivity contribution in [3.63, 3.8) is 0 Å². The summed E-state index contributed by atoms with van der Waals surface area (Å²) in [6.07, 6.45) is 2.56. The molecular formula is C17H22N4O. The molecule has 116 valence electrons. The first-order valence-electron chi connectivity index (χ1n) is 7.52. The van der Waals surface area contributed by atoms with Crippen molar-refractivity contribution in [1.82, 2.24) is 15.3 Å². The zero-order valence-corrected chi connectivity index (χ0v) is 13.3. The Hall–Kier alpha value is -2.43. The topological polar surface area (TPSA) is 66.9 Å². The second-order valence-corrected chi connectivity index (χ2v) is 5.33. The van der Waals surface area contributed by atoms with Gasteiger partial charge in [0, 0.05) is 18.8 Å². The smallest absolute Gasteiger partial charge is 0.270 e. The van der Waals surface area contributed by atoms with Crippen LogP contribution in [0.3, 0.4) is 0 Å². The highest BCUT2D eigenvalue weighted by Gasteiger charge is 2.10. The summed E-state index contributed by atoms with van der Waals surface area (Å²) < 4.78 is 0. The van der Waals surface area contributed by atoms with E-state index in [4.69, 9.17) is 0 Å². The predicted molar refractivity (Wildman–Crippen MR) is 87.8 cm³/mol. The van der Waals surface area contributed by atoms with Crippen LogP contribution >= 0.6 is 0 Å². The van der Waals surface area contributed by atoms with E-state index >= 15 is 0 Å². The number of hydrogen-bond acceptors (Lipinski definition) is 4. The summed E-state index contributed by atoms with van der Waals surface area (Å²) in [5.41, 5.74) is 2.63. The summed E-state index contributed by atoms with van der Waals surface area (Å²) in [5.74, 6) is 0.288. The standard InChI is InChI=1S/C17H22N4O/c1-4-13(3)20-17-18-10-9-15(21-17)16(22)19-11-14-8-6-5-7-12(14)2/h5-10,13H,4,11H2,1-3H3,(H,19,22)(H,18,20,21). The van der Waals surface area contributed by atoms with Gasteiger partial charge in [0.05, 0.1) is 0 Å². The fourth-order valence-corrected chi connectivity index (χ4v) is 1.95. The van der Waals surface area contributed by atoms with Crippen molar-refractivity contribution in [2.45, 2.75) is 39.8 Å². The van der Waals surface area contributed by atoms with Gasteiger partial charge in [0.25, 0.3) is 5.91 Å². The summed E-state index contributed by atoms with van der Waals surface area (Å²) in [5, 5.41) is 6.06. The third kappa shape index (κ3) is 4.28. The number of benzene rings is 1. The third-order valence-electron chi connectivity index (χ3n) is 3.58. The van der Waals surface area contributed by atoms with Gasteiger partial charge in [-0.15, -0.1) is 0 Å². The van der Waals surface area contributed by atoms with Crippen molar-refractivity contribution in [2.24, 2.45) is 0 Å². The molecule has 0 aliphatic heterocycles. The number of nitrogens with one attached hydrogen (secondary N) is 2. The minimum atomic E-state index is -0.196. The molecule has 0 saturated carbocycles. The molecule has 1 aromatic carbocycles. The van der Waals surface area contributed by atoms with Crippen LogP contribution in [-0.4, -0.2) is 21.9 Å². The number of carbonyl (C=O) groups is 1. The van der Waals surface area contributed by atoms with E-state index in [-0.39, 0.29) is 11.9 Å². The summed E-state index contributed by atoms with van der Waals surface area (Å²) in [6, 6.07) is 9.87. The first kappa shape index (κ1) is 15.9. The van der Waals surface area contributed by atoms with E-state index in [2.05, 4.69) is 27.5 Å². The van der Waals surface area contributed by atoms with Crippen molar-refractivity contribution in [1.29, 1.82) is 0 Å². The van der Waals surface area contributed by atoms with Crippen molar-refractivity contribution >= 4 is 11.9 Å². The number of anilines is 1. The zero-order chi connectivity index (χ0) is 15.9. The Labute approximate surface area is 131 Å². The molecule has 1 aromatic heterocycles. The van der Waals surface area contributed by atoms with Crippen molar-refractivity contribution in [3.05, 3.63) is 53.3 Å². The molecule has 5 heteroatoms. The molecular weight excluding hydrogens is 276 g/mol. The van der Waals surface area contributed by atoms with Gasteiger partial charge in [0.15, 0.2) is 0 Å². The van der Waals surface area contributed by atoms with Gasteiger partial charge < -0.3 is 10.6 Å². The second-order valence-electron chi connectivity index (χ2n) is 5.33. The molecule has 0 aliphatic rings. The van der Waals surface area contributed by atoms with E-state index in [9.17, 15) is 4.79 Å². The van der Waals surface area contributed by atoms with Gasteiger partial charge in [0.2, 0.25) is 5.95 Å². The summed E-state index contributed by atoms with van der Waals surface area (Å²) in [6.45, 7) is 6.65. The summed E-state index contributed by atoms with van der Waals surface area (Å²) in [7, 11) is 0. The van der Waals surface area contributed by atoms with Crippen molar-refractivity contribution < 1.29 is 4.79 Å². The zero-order valence-electron chi connectivity index (χ0n) is 13.3. The quantitative estimate of drug-likeness (QED) is 0.860. The largest absolute Gasteiger partial charge is 0.352 e. The van der Waals surface area contributed by atoms with Crippen LogP contribution in [-0.2, 0) is 6.54 Å². The monoisotopic (exact) mass is 298 g/mol. The number of hydrogen-bond donors (Lipinski definition) is 2. The molecule has 2 aromatic rings. The van der Waals surface area contributed by atoms with Crippen LogP contribution < -0.4 is 10.6 Å². The van der Waals surface area contributed by atoms with E-state index in [1.807, 2.05) is 38.1 Å². The number of aromatic nitrogens is 2. The lowest BCUT2D eigenvalue weighted by molar-refractivity contribution is 0.0946. The molecule has 1 atom stereocenters. The molecule has 0 aliphatic carbocycles. The molecule has 1 unspecified atom stereocenters. The minimum absolute atomic E-state index is 0.196. The summed E-state index contributed by atoms with van der Waals surface area (Å²) >= 11 is 0. The van der Waals surface area contributed by atoms with Crippen LogP contribution in [0.25, 0.3) is 0 Å². The van der Waals surface area contributed by atoms with E-state index in [1.165, 1.54) is 0 Å². The molecule has 22 heavy (non-hydrogen) atoms. The minimum Gasteiger partial charge on any atom is -0.352 e. The lowest BCUT2D eigenvalue weighted by Crippen LogP contribution is -2.25. The Balaban J connectivity index is 2.00. The average Bonchev–Trinajstić information content (AvgIpc) is 2.54. The fraction of sp³-hybridized carbons (Fsp3) is 0.353. The molecule has 2 rings (SSSR count). The highest BCUT2D eigenvalue weighted by molar-refractivity contribution is 5.92. The summed E-state index contributed by atoms with van der Waals surface area (Å²) in [4.78, 5) is 20.6. The number of rotatable bonds is 6. The fourth-order valence-electron chi connectivity index (χ4n) is 1.95. The van der Waals surface area contributed by atoms with Crippen LogP contribution in [0.1, 0.15) is 41.9 Å². The number of amides is 1.